The fourth-order valence-corrected chi connectivity index (χ4v) is 2.98. The maximum atomic E-state index is 12.5. The Morgan fingerprint density at radius 1 is 1.04 bits per heavy atom. The number of aryl methyl sites for hydroxylation is 2. The Morgan fingerprint density at radius 3 is 2.40 bits per heavy atom. The molecule has 1 aromatic carbocycles. The van der Waals surface area contributed by atoms with Crippen molar-refractivity contribution in [2.75, 3.05) is 6.61 Å². The predicted molar refractivity (Wildman–Crippen MR) is 95.3 cm³/mol. The first-order chi connectivity index (χ1) is 12.0. The topological polar surface area (TPSA) is 53.2 Å². The quantitative estimate of drug-likeness (QED) is 0.529. The minimum absolute atomic E-state index is 0.210. The van der Waals surface area contributed by atoms with Gasteiger partial charge >= 0.3 is 5.97 Å². The lowest BCUT2D eigenvalue weighted by Gasteiger charge is -2.09. The highest BCUT2D eigenvalue weighted by Gasteiger charge is 2.19. The van der Waals surface area contributed by atoms with Crippen LogP contribution in [0.5, 0.6) is 0 Å². The summed E-state index contributed by atoms with van der Waals surface area (Å²) in [6, 6.07) is 15.1. The number of hydrogen-bond acceptors (Lipinski definition) is 3. The molecular weight excluding hydrogens is 316 g/mol. The van der Waals surface area contributed by atoms with Gasteiger partial charge < -0.3 is 13.9 Å². The summed E-state index contributed by atoms with van der Waals surface area (Å²) in [4.78, 5) is 24.6. The molecule has 3 rings (SSSR count). The van der Waals surface area contributed by atoms with E-state index in [1.807, 2.05) is 54.8 Å². The van der Waals surface area contributed by atoms with Crippen molar-refractivity contribution in [1.29, 1.82) is 0 Å². The first-order valence-corrected chi connectivity index (χ1v) is 8.05. The summed E-state index contributed by atoms with van der Waals surface area (Å²) in [5, 5.41) is 0. The summed E-state index contributed by atoms with van der Waals surface area (Å²) in [6.45, 7) is 3.57. The Labute approximate surface area is 146 Å². The normalized spacial score (nSPS) is 10.7. The van der Waals surface area contributed by atoms with Gasteiger partial charge in [-0.1, -0.05) is 18.2 Å². The van der Waals surface area contributed by atoms with Crippen molar-refractivity contribution in [2.24, 2.45) is 7.05 Å². The summed E-state index contributed by atoms with van der Waals surface area (Å²) in [5.41, 5.74) is 3.78. The average molecular weight is 336 g/mol. The summed E-state index contributed by atoms with van der Waals surface area (Å²) >= 11 is 0. The van der Waals surface area contributed by atoms with Crippen molar-refractivity contribution in [3.8, 4) is 5.69 Å². The van der Waals surface area contributed by atoms with E-state index in [1.165, 1.54) is 0 Å². The molecule has 0 saturated carbocycles. The average Bonchev–Trinajstić information content (AvgIpc) is 3.16. The summed E-state index contributed by atoms with van der Waals surface area (Å²) in [7, 11) is 1.76. The Morgan fingerprint density at radius 2 is 1.76 bits per heavy atom. The smallest absolute Gasteiger partial charge is 0.355 e. The first kappa shape index (κ1) is 16.8. The number of carbonyl (C=O) groups is 2. The number of aromatic nitrogens is 2. The monoisotopic (exact) mass is 336 g/mol. The molecule has 128 valence electrons. The molecule has 0 radical (unpaired) electrons. The maximum absolute atomic E-state index is 12.5. The number of ketones is 1. The molecule has 5 nitrogen and oxygen atoms in total. The van der Waals surface area contributed by atoms with E-state index in [-0.39, 0.29) is 12.4 Å². The molecule has 0 aliphatic rings. The third-order valence-corrected chi connectivity index (χ3v) is 4.23. The molecule has 0 N–H and O–H groups in total. The van der Waals surface area contributed by atoms with E-state index >= 15 is 0 Å². The molecule has 0 bridgehead atoms. The largest absolute Gasteiger partial charge is 0.453 e. The standard InChI is InChI=1S/C20H20N2O3/c1-14-12-17(15(2)22(14)16-8-5-4-6-9-16)19(23)13-25-20(24)18-10-7-11-21(18)3/h4-12H,13H2,1-3H3. The molecule has 0 aliphatic heterocycles. The number of Topliss-reactive ketones (excluding diaryl/α,β-unsaturated/α-hetero) is 1. The third-order valence-electron chi connectivity index (χ3n) is 4.23. The zero-order valence-electron chi connectivity index (χ0n) is 14.5. The number of carbonyl (C=O) groups excluding carboxylic acids is 2. The van der Waals surface area contributed by atoms with Crippen LogP contribution in [0.3, 0.4) is 0 Å². The van der Waals surface area contributed by atoms with E-state index in [2.05, 4.69) is 0 Å². The second-order valence-electron chi connectivity index (χ2n) is 5.96. The summed E-state index contributed by atoms with van der Waals surface area (Å²) in [5.74, 6) is -0.712. The van der Waals surface area contributed by atoms with Gasteiger partial charge in [0.1, 0.15) is 5.69 Å². The predicted octanol–water partition coefficient (Wildman–Crippen LogP) is 3.47. The fourth-order valence-electron chi connectivity index (χ4n) is 2.98. The highest BCUT2D eigenvalue weighted by Crippen LogP contribution is 2.21. The Kier molecular flexibility index (Phi) is 4.57. The van der Waals surface area contributed by atoms with Gasteiger partial charge in [0, 0.05) is 35.9 Å². The van der Waals surface area contributed by atoms with Gasteiger partial charge in [0.15, 0.2) is 6.61 Å². The third kappa shape index (κ3) is 3.26. The van der Waals surface area contributed by atoms with Gasteiger partial charge in [0.25, 0.3) is 0 Å². The lowest BCUT2D eigenvalue weighted by Crippen LogP contribution is -2.16. The number of hydrogen-bond donors (Lipinski definition) is 0. The van der Waals surface area contributed by atoms with Crippen LogP contribution in [-0.2, 0) is 11.8 Å². The van der Waals surface area contributed by atoms with Crippen LogP contribution in [0.1, 0.15) is 32.2 Å². The Bertz CT molecular complexity index is 920. The van der Waals surface area contributed by atoms with Gasteiger partial charge in [-0.3, -0.25) is 4.79 Å². The molecule has 0 amide bonds. The Hall–Kier alpha value is -3.08. The van der Waals surface area contributed by atoms with Crippen LogP contribution in [0.4, 0.5) is 0 Å². The number of ether oxygens (including phenoxy) is 1. The van der Waals surface area contributed by atoms with E-state index in [1.54, 1.807) is 29.9 Å². The van der Waals surface area contributed by atoms with Crippen LogP contribution in [0.15, 0.2) is 54.7 Å². The molecule has 0 atom stereocenters. The highest BCUT2D eigenvalue weighted by molar-refractivity contribution is 6.00. The molecule has 0 unspecified atom stereocenters. The van der Waals surface area contributed by atoms with Gasteiger partial charge in [-0.2, -0.15) is 0 Å². The van der Waals surface area contributed by atoms with Gasteiger partial charge in [-0.25, -0.2) is 4.79 Å². The number of para-hydroxylation sites is 1. The molecule has 0 saturated heterocycles. The second-order valence-corrected chi connectivity index (χ2v) is 5.96. The van der Waals surface area contributed by atoms with Crippen LogP contribution in [0.25, 0.3) is 5.69 Å². The SMILES string of the molecule is Cc1cc(C(=O)COC(=O)c2cccn2C)c(C)n1-c1ccccc1. The molecule has 0 aliphatic carbocycles. The van der Waals surface area contributed by atoms with Gasteiger partial charge in [0.2, 0.25) is 5.78 Å². The minimum atomic E-state index is -0.502. The molecule has 5 heteroatoms. The van der Waals surface area contributed by atoms with Crippen LogP contribution in [-0.4, -0.2) is 27.5 Å². The Balaban J connectivity index is 1.77. The van der Waals surface area contributed by atoms with Crippen LogP contribution < -0.4 is 0 Å². The molecule has 3 aromatic rings. The van der Waals surface area contributed by atoms with Crippen molar-refractivity contribution in [3.05, 3.63) is 77.4 Å². The second kappa shape index (κ2) is 6.81. The van der Waals surface area contributed by atoms with Crippen molar-refractivity contribution in [1.82, 2.24) is 9.13 Å². The fraction of sp³-hybridized carbons (Fsp3) is 0.200. The van der Waals surface area contributed by atoms with Crippen molar-refractivity contribution in [2.45, 2.75) is 13.8 Å². The van der Waals surface area contributed by atoms with E-state index < -0.39 is 5.97 Å². The summed E-state index contributed by atoms with van der Waals surface area (Å²) < 4.78 is 8.86. The maximum Gasteiger partial charge on any atom is 0.355 e. The van der Waals surface area contributed by atoms with E-state index in [0.29, 0.717) is 11.3 Å². The molecule has 0 spiro atoms. The lowest BCUT2D eigenvalue weighted by molar-refractivity contribution is 0.0465. The highest BCUT2D eigenvalue weighted by atomic mass is 16.5. The van der Waals surface area contributed by atoms with Crippen molar-refractivity contribution < 1.29 is 14.3 Å². The number of esters is 1. The molecular formula is C20H20N2O3. The summed E-state index contributed by atoms with van der Waals surface area (Å²) in [6.07, 6.45) is 1.76. The lowest BCUT2D eigenvalue weighted by atomic mass is 10.1. The van der Waals surface area contributed by atoms with Crippen LogP contribution in [0, 0.1) is 13.8 Å². The van der Waals surface area contributed by atoms with Gasteiger partial charge in [0.05, 0.1) is 0 Å². The van der Waals surface area contributed by atoms with Crippen LogP contribution in [0.2, 0.25) is 0 Å². The first-order valence-electron chi connectivity index (χ1n) is 8.05. The number of rotatable bonds is 5. The molecule has 0 fully saturated rings. The van der Waals surface area contributed by atoms with E-state index in [4.69, 9.17) is 4.74 Å². The van der Waals surface area contributed by atoms with Crippen molar-refractivity contribution >= 4 is 11.8 Å². The number of nitrogens with zero attached hydrogens (tertiary/aromatic N) is 2. The van der Waals surface area contributed by atoms with Crippen molar-refractivity contribution in [3.63, 3.8) is 0 Å². The van der Waals surface area contributed by atoms with E-state index in [0.717, 1.165) is 17.1 Å². The zero-order valence-corrected chi connectivity index (χ0v) is 14.5. The molecule has 25 heavy (non-hydrogen) atoms. The molecule has 2 aromatic heterocycles. The van der Waals surface area contributed by atoms with E-state index in [9.17, 15) is 9.59 Å². The zero-order chi connectivity index (χ0) is 18.0. The van der Waals surface area contributed by atoms with Gasteiger partial charge in [-0.15, -0.1) is 0 Å². The van der Waals surface area contributed by atoms with Crippen LogP contribution >= 0.6 is 0 Å². The minimum Gasteiger partial charge on any atom is -0.453 e. The number of benzene rings is 1. The molecule has 2 heterocycles. The van der Waals surface area contributed by atoms with Gasteiger partial charge in [-0.05, 0) is 44.2 Å².